The molecule has 0 aliphatic heterocycles. The number of nitrogens with zero attached hydrogens (tertiary/aromatic N) is 2. The smallest absolute Gasteiger partial charge is 0.0595 e. The first-order chi connectivity index (χ1) is 27.2. The van der Waals surface area contributed by atoms with Gasteiger partial charge in [-0.25, -0.2) is 0 Å². The molecule has 0 atom stereocenters. The molecule has 7 rings (SSSR count). The minimum Gasteiger partial charge on any atom is -0.305 e. The molecule has 301 valence electrons. The molecule has 1 aliphatic rings. The summed E-state index contributed by atoms with van der Waals surface area (Å²) < 4.78 is 12.6. The third-order valence-corrected chi connectivity index (χ3v) is 11.7. The number of fused-ring (bicyclic) bond motifs is 4. The fraction of sp³-hybridized carbons (Fsp3) is 0.396. The Morgan fingerprint density at radius 3 is 1.89 bits per heavy atom. The monoisotopic (exact) mass is 937 g/mol. The number of aromatic nitrogens is 2. The molecule has 0 spiro atoms. The Kier molecular flexibility index (Phi) is 16.4. The van der Waals surface area contributed by atoms with E-state index in [4.69, 9.17) is 4.98 Å². The summed E-state index contributed by atoms with van der Waals surface area (Å²) >= 11 is 0. The van der Waals surface area contributed by atoms with Crippen molar-refractivity contribution in [2.24, 2.45) is 0 Å². The molecule has 1 radical (unpaired) electrons. The van der Waals surface area contributed by atoms with Crippen molar-refractivity contribution in [3.8, 4) is 33.6 Å². The number of hydrogen-bond donors (Lipinski definition) is 0. The number of rotatable bonds is 16. The minimum atomic E-state index is -0.278. The van der Waals surface area contributed by atoms with Gasteiger partial charge in [-0.2, -0.15) is 0 Å². The Balaban J connectivity index is 0.000000374. The standard InChI is InChI=1S/C42H54N.C11H7FN.Ir/c1-6-8-10-12-14-18-28-42(29-19-15-13-11-9-7-2)37-30-33(40-27-23-32-20-16-17-21-39(32)43-40)22-25-35(37)36-26-24-34(31-38(36)42)41(3,4)5;12-10-6-4-9(5-7-10)11-3-1-2-8-13-11;/h16-17,20-21,23-27,30-31H,6-15,18-19,28-29H2,1-5H3;1-4,6-8H;/q2*-1;. The predicted molar refractivity (Wildman–Crippen MR) is 235 cm³/mol. The third-order valence-electron chi connectivity index (χ3n) is 11.7. The van der Waals surface area contributed by atoms with Gasteiger partial charge in [0.15, 0.2) is 0 Å². The molecular formula is C53H61FIrN2-2. The molecule has 4 heteroatoms. The van der Waals surface area contributed by atoms with Crippen LogP contribution in [0.4, 0.5) is 4.39 Å². The molecule has 0 fully saturated rings. The summed E-state index contributed by atoms with van der Waals surface area (Å²) in [6.45, 7) is 11.7. The zero-order valence-electron chi connectivity index (χ0n) is 34.9. The van der Waals surface area contributed by atoms with E-state index >= 15 is 0 Å². The molecule has 2 aromatic heterocycles. The van der Waals surface area contributed by atoms with Gasteiger partial charge < -0.3 is 4.98 Å². The number of pyridine rings is 2. The van der Waals surface area contributed by atoms with Crippen molar-refractivity contribution in [1.82, 2.24) is 9.97 Å². The normalized spacial score (nSPS) is 12.7. The van der Waals surface area contributed by atoms with Crippen molar-refractivity contribution in [3.05, 3.63) is 144 Å². The van der Waals surface area contributed by atoms with E-state index in [1.54, 1.807) is 17.8 Å². The first-order valence-corrected chi connectivity index (χ1v) is 21.4. The van der Waals surface area contributed by atoms with Gasteiger partial charge >= 0.3 is 0 Å². The van der Waals surface area contributed by atoms with Crippen LogP contribution in [0.1, 0.15) is 141 Å². The average molecular weight is 937 g/mol. The first-order valence-electron chi connectivity index (χ1n) is 21.4. The second-order valence-electron chi connectivity index (χ2n) is 16.8. The third kappa shape index (κ3) is 11.2. The summed E-state index contributed by atoms with van der Waals surface area (Å²) in [7, 11) is 0. The Morgan fingerprint density at radius 1 is 0.596 bits per heavy atom. The van der Waals surface area contributed by atoms with Crippen LogP contribution >= 0.6 is 0 Å². The van der Waals surface area contributed by atoms with Crippen LogP contribution < -0.4 is 0 Å². The molecule has 2 heterocycles. The number of unbranched alkanes of at least 4 members (excludes halogenated alkanes) is 10. The van der Waals surface area contributed by atoms with Crippen LogP contribution in [0.3, 0.4) is 0 Å². The van der Waals surface area contributed by atoms with Gasteiger partial charge in [-0.05, 0) is 58.3 Å². The molecule has 6 aromatic rings. The number of para-hydroxylation sites is 1. The van der Waals surface area contributed by atoms with Crippen molar-refractivity contribution in [2.45, 2.75) is 135 Å². The average Bonchev–Trinajstić information content (AvgIpc) is 3.49. The summed E-state index contributed by atoms with van der Waals surface area (Å²) in [5.41, 5.74) is 12.4. The van der Waals surface area contributed by atoms with E-state index in [-0.39, 0.29) is 36.8 Å². The molecule has 57 heavy (non-hydrogen) atoms. The Morgan fingerprint density at radius 2 is 1.25 bits per heavy atom. The topological polar surface area (TPSA) is 25.8 Å². The van der Waals surface area contributed by atoms with E-state index in [1.165, 1.54) is 130 Å². The summed E-state index contributed by atoms with van der Waals surface area (Å²) in [5, 5.41) is 1.19. The summed E-state index contributed by atoms with van der Waals surface area (Å²) in [4.78, 5) is 9.22. The second kappa shape index (κ2) is 21.1. The zero-order chi connectivity index (χ0) is 39.4. The van der Waals surface area contributed by atoms with E-state index in [0.717, 1.165) is 28.0 Å². The molecule has 1 aliphatic carbocycles. The number of halogens is 1. The van der Waals surface area contributed by atoms with Gasteiger partial charge in [0.05, 0.1) is 5.52 Å². The fourth-order valence-electron chi connectivity index (χ4n) is 8.43. The van der Waals surface area contributed by atoms with Crippen LogP contribution in [-0.2, 0) is 30.9 Å². The molecule has 0 saturated carbocycles. The Bertz CT molecular complexity index is 2120. The summed E-state index contributed by atoms with van der Waals surface area (Å²) in [6, 6.07) is 41.5. The van der Waals surface area contributed by atoms with Crippen LogP contribution in [0.25, 0.3) is 44.5 Å². The van der Waals surface area contributed by atoms with Crippen molar-refractivity contribution < 1.29 is 24.5 Å². The van der Waals surface area contributed by atoms with Gasteiger partial charge in [-0.1, -0.05) is 183 Å². The molecule has 0 bridgehead atoms. The molecule has 0 amide bonds. The van der Waals surface area contributed by atoms with E-state index in [1.807, 2.05) is 18.2 Å². The maximum atomic E-state index is 12.6. The van der Waals surface area contributed by atoms with Gasteiger partial charge in [0.25, 0.3) is 0 Å². The van der Waals surface area contributed by atoms with Gasteiger partial charge in [-0.3, -0.25) is 9.37 Å². The largest absolute Gasteiger partial charge is 0.305 e. The summed E-state index contributed by atoms with van der Waals surface area (Å²) in [5.74, 6) is -0.278. The van der Waals surface area contributed by atoms with Crippen molar-refractivity contribution in [3.63, 3.8) is 0 Å². The number of benzene rings is 4. The van der Waals surface area contributed by atoms with Crippen molar-refractivity contribution in [2.75, 3.05) is 0 Å². The Hall–Kier alpha value is -3.98. The van der Waals surface area contributed by atoms with Gasteiger partial charge in [0, 0.05) is 37.5 Å². The molecule has 2 nitrogen and oxygen atoms in total. The molecule has 4 aromatic carbocycles. The number of hydrogen-bond acceptors (Lipinski definition) is 2. The second-order valence-corrected chi connectivity index (χ2v) is 16.8. The van der Waals surface area contributed by atoms with E-state index in [0.29, 0.717) is 0 Å². The van der Waals surface area contributed by atoms with Crippen LogP contribution in [0.2, 0.25) is 0 Å². The van der Waals surface area contributed by atoms with Gasteiger partial charge in [0.1, 0.15) is 0 Å². The predicted octanol–water partition coefficient (Wildman–Crippen LogP) is 15.5. The zero-order valence-corrected chi connectivity index (χ0v) is 37.3. The molecule has 0 N–H and O–H groups in total. The Labute approximate surface area is 356 Å². The fourth-order valence-corrected chi connectivity index (χ4v) is 8.43. The van der Waals surface area contributed by atoms with E-state index in [9.17, 15) is 4.39 Å². The first kappa shape index (κ1) is 44.1. The van der Waals surface area contributed by atoms with Gasteiger partial charge in [-0.15, -0.1) is 59.2 Å². The molecular weight excluding hydrogens is 876 g/mol. The van der Waals surface area contributed by atoms with Gasteiger partial charge in [0.2, 0.25) is 0 Å². The van der Waals surface area contributed by atoms with Crippen LogP contribution in [0.5, 0.6) is 0 Å². The quantitative estimate of drug-likeness (QED) is 0.0714. The molecule has 0 saturated heterocycles. The van der Waals surface area contributed by atoms with E-state index < -0.39 is 0 Å². The van der Waals surface area contributed by atoms with Crippen LogP contribution in [0, 0.1) is 17.9 Å². The SMILES string of the molecule is CCCCCCCCC1(CCCCCCCC)c2cc(-c3ccc4ccccc4n3)[c-]cc2-c2ccc(C(C)(C)C)cc21.Fc1c[c-]c(-c2ccccn2)cc1.[Ir]. The van der Waals surface area contributed by atoms with Crippen LogP contribution in [-0.4, -0.2) is 9.97 Å². The van der Waals surface area contributed by atoms with Crippen molar-refractivity contribution >= 4 is 10.9 Å². The maximum Gasteiger partial charge on any atom is 0.0595 e. The molecule has 0 unspecified atom stereocenters. The van der Waals surface area contributed by atoms with Crippen molar-refractivity contribution in [1.29, 1.82) is 0 Å². The van der Waals surface area contributed by atoms with Crippen LogP contribution in [0.15, 0.2) is 109 Å². The maximum absolute atomic E-state index is 12.6. The summed E-state index contributed by atoms with van der Waals surface area (Å²) in [6.07, 6.45) is 20.2. The minimum absolute atomic E-state index is 0. The van der Waals surface area contributed by atoms with E-state index in [2.05, 4.69) is 118 Å².